The van der Waals surface area contributed by atoms with Gasteiger partial charge < -0.3 is 15.1 Å². The Bertz CT molecular complexity index is 224. The molecule has 1 atom stereocenters. The van der Waals surface area contributed by atoms with E-state index in [1.807, 2.05) is 0 Å². The van der Waals surface area contributed by atoms with Gasteiger partial charge >= 0.3 is 0 Å². The molecule has 1 aliphatic rings. The maximum atomic E-state index is 3.47. The van der Waals surface area contributed by atoms with Crippen molar-refractivity contribution in [2.75, 3.05) is 40.8 Å². The minimum absolute atomic E-state index is 0.358. The molecule has 1 heterocycles. The first-order chi connectivity index (χ1) is 8.34. The van der Waals surface area contributed by atoms with Gasteiger partial charge in [-0.25, -0.2) is 0 Å². The Kier molecular flexibility index (Phi) is 6.09. The highest BCUT2D eigenvalue weighted by atomic mass is 15.2. The predicted octanol–water partition coefficient (Wildman–Crippen LogP) is 2.04. The van der Waals surface area contributed by atoms with E-state index < -0.39 is 0 Å². The smallest absolute Gasteiger partial charge is 0.0125 e. The third-order valence-electron chi connectivity index (χ3n) is 4.42. The number of hydrogen-bond donors (Lipinski definition) is 1. The van der Waals surface area contributed by atoms with Crippen LogP contribution in [0.3, 0.4) is 0 Å². The van der Waals surface area contributed by atoms with Gasteiger partial charge in [-0.05, 0) is 65.5 Å². The summed E-state index contributed by atoms with van der Waals surface area (Å²) in [5.74, 6) is 0. The van der Waals surface area contributed by atoms with Crippen molar-refractivity contribution in [3.63, 3.8) is 0 Å². The second-order valence-electron chi connectivity index (χ2n) is 7.03. The van der Waals surface area contributed by atoms with Crippen molar-refractivity contribution in [3.8, 4) is 0 Å². The van der Waals surface area contributed by atoms with Gasteiger partial charge in [0.05, 0.1) is 0 Å². The molecular weight excluding hydrogens is 222 g/mol. The number of nitrogens with one attached hydrogen (secondary N) is 1. The van der Waals surface area contributed by atoms with Crippen LogP contribution in [0.1, 0.15) is 40.0 Å². The molecule has 1 unspecified atom stereocenters. The molecule has 3 heteroatoms. The van der Waals surface area contributed by atoms with E-state index in [0.717, 1.165) is 6.04 Å². The van der Waals surface area contributed by atoms with Crippen LogP contribution in [0.5, 0.6) is 0 Å². The van der Waals surface area contributed by atoms with Crippen molar-refractivity contribution in [1.29, 1.82) is 0 Å². The summed E-state index contributed by atoms with van der Waals surface area (Å²) in [5, 5.41) is 3.47. The lowest BCUT2D eigenvalue weighted by Crippen LogP contribution is -2.45. The predicted molar refractivity (Wildman–Crippen MR) is 80.1 cm³/mol. The summed E-state index contributed by atoms with van der Waals surface area (Å²) in [7, 11) is 6.50. The standard InChI is InChI=1S/C15H33N3/c1-15(2,3)14(16-4)9-12-18-10-7-13(8-11-18)17(5)6/h13-14,16H,7-12H2,1-6H3. The number of rotatable bonds is 5. The first-order valence-electron chi connectivity index (χ1n) is 7.40. The Morgan fingerprint density at radius 3 is 2.17 bits per heavy atom. The fourth-order valence-electron chi connectivity index (χ4n) is 2.98. The van der Waals surface area contributed by atoms with Gasteiger partial charge in [-0.3, -0.25) is 0 Å². The summed E-state index contributed by atoms with van der Waals surface area (Å²) >= 11 is 0. The van der Waals surface area contributed by atoms with Crippen molar-refractivity contribution < 1.29 is 0 Å². The zero-order valence-corrected chi connectivity index (χ0v) is 13.3. The topological polar surface area (TPSA) is 18.5 Å². The van der Waals surface area contributed by atoms with Gasteiger partial charge in [-0.2, -0.15) is 0 Å². The number of piperidine rings is 1. The van der Waals surface area contributed by atoms with Crippen molar-refractivity contribution in [2.24, 2.45) is 5.41 Å². The van der Waals surface area contributed by atoms with Crippen LogP contribution in [0.25, 0.3) is 0 Å². The molecule has 0 aliphatic carbocycles. The van der Waals surface area contributed by atoms with Crippen LogP contribution >= 0.6 is 0 Å². The van der Waals surface area contributed by atoms with Crippen LogP contribution in [0, 0.1) is 5.41 Å². The first kappa shape index (κ1) is 15.9. The summed E-state index contributed by atoms with van der Waals surface area (Å²) in [6.07, 6.45) is 3.91. The number of nitrogens with zero attached hydrogens (tertiary/aromatic N) is 2. The van der Waals surface area contributed by atoms with E-state index >= 15 is 0 Å². The minimum Gasteiger partial charge on any atom is -0.316 e. The lowest BCUT2D eigenvalue weighted by molar-refractivity contribution is 0.133. The summed E-state index contributed by atoms with van der Waals surface area (Å²) < 4.78 is 0. The van der Waals surface area contributed by atoms with Crippen LogP contribution in [0.2, 0.25) is 0 Å². The highest BCUT2D eigenvalue weighted by molar-refractivity contribution is 4.82. The first-order valence-corrected chi connectivity index (χ1v) is 7.40. The van der Waals surface area contributed by atoms with Gasteiger partial charge in [0.25, 0.3) is 0 Å². The monoisotopic (exact) mass is 255 g/mol. The minimum atomic E-state index is 0.358. The zero-order chi connectivity index (χ0) is 13.8. The maximum Gasteiger partial charge on any atom is 0.0125 e. The molecule has 1 fully saturated rings. The van der Waals surface area contributed by atoms with E-state index in [9.17, 15) is 0 Å². The molecule has 0 aromatic carbocycles. The molecule has 1 rings (SSSR count). The normalized spacial score (nSPS) is 21.5. The number of likely N-dealkylation sites (tertiary alicyclic amines) is 1. The van der Waals surface area contributed by atoms with Gasteiger partial charge in [0.15, 0.2) is 0 Å². The molecule has 1 aliphatic heterocycles. The average Bonchev–Trinajstić information content (AvgIpc) is 2.28. The molecule has 0 bridgehead atoms. The molecule has 3 nitrogen and oxygen atoms in total. The second kappa shape index (κ2) is 6.88. The molecule has 1 N–H and O–H groups in total. The van der Waals surface area contributed by atoms with Crippen molar-refractivity contribution in [2.45, 2.75) is 52.1 Å². The fraction of sp³-hybridized carbons (Fsp3) is 1.00. The largest absolute Gasteiger partial charge is 0.316 e. The zero-order valence-electron chi connectivity index (χ0n) is 13.3. The van der Waals surface area contributed by atoms with Crippen LogP contribution in [-0.4, -0.2) is 62.7 Å². The lowest BCUT2D eigenvalue weighted by atomic mass is 9.84. The summed E-state index contributed by atoms with van der Waals surface area (Å²) in [6.45, 7) is 10.8. The Morgan fingerprint density at radius 1 is 1.22 bits per heavy atom. The van der Waals surface area contributed by atoms with Crippen LogP contribution in [-0.2, 0) is 0 Å². The Morgan fingerprint density at radius 2 is 1.78 bits per heavy atom. The van der Waals surface area contributed by atoms with Crippen LogP contribution in [0.4, 0.5) is 0 Å². The molecule has 0 aromatic heterocycles. The van der Waals surface area contributed by atoms with Crippen molar-refractivity contribution >= 4 is 0 Å². The molecule has 0 aromatic rings. The summed E-state index contributed by atoms with van der Waals surface area (Å²) in [4.78, 5) is 5.01. The molecule has 18 heavy (non-hydrogen) atoms. The van der Waals surface area contributed by atoms with Gasteiger partial charge in [0.2, 0.25) is 0 Å². The molecule has 0 radical (unpaired) electrons. The van der Waals surface area contributed by atoms with Gasteiger partial charge in [-0.15, -0.1) is 0 Å². The molecular formula is C15H33N3. The quantitative estimate of drug-likeness (QED) is 0.811. The SMILES string of the molecule is CNC(CCN1CCC(N(C)C)CC1)C(C)(C)C. The van der Waals surface area contributed by atoms with E-state index in [-0.39, 0.29) is 0 Å². The highest BCUT2D eigenvalue weighted by Gasteiger charge is 2.25. The molecule has 108 valence electrons. The van der Waals surface area contributed by atoms with E-state index in [1.165, 1.54) is 38.9 Å². The molecule has 0 spiro atoms. The lowest BCUT2D eigenvalue weighted by Gasteiger charge is -2.37. The Hall–Kier alpha value is -0.120. The second-order valence-corrected chi connectivity index (χ2v) is 7.03. The fourth-order valence-corrected chi connectivity index (χ4v) is 2.98. The van der Waals surface area contributed by atoms with Gasteiger partial charge in [-0.1, -0.05) is 20.8 Å². The van der Waals surface area contributed by atoms with E-state index in [2.05, 4.69) is 57.0 Å². The van der Waals surface area contributed by atoms with Crippen molar-refractivity contribution in [1.82, 2.24) is 15.1 Å². The maximum absolute atomic E-state index is 3.47. The third kappa shape index (κ3) is 4.87. The molecule has 0 saturated carbocycles. The Labute approximate surface area is 114 Å². The van der Waals surface area contributed by atoms with Crippen molar-refractivity contribution in [3.05, 3.63) is 0 Å². The third-order valence-corrected chi connectivity index (χ3v) is 4.42. The van der Waals surface area contributed by atoms with Crippen LogP contribution in [0.15, 0.2) is 0 Å². The highest BCUT2D eigenvalue weighted by Crippen LogP contribution is 2.22. The number of hydrogen-bond acceptors (Lipinski definition) is 3. The van der Waals surface area contributed by atoms with E-state index in [1.54, 1.807) is 0 Å². The summed E-state index contributed by atoms with van der Waals surface area (Å²) in [5.41, 5.74) is 0.358. The van der Waals surface area contributed by atoms with E-state index in [4.69, 9.17) is 0 Å². The average molecular weight is 255 g/mol. The Balaban J connectivity index is 2.29. The van der Waals surface area contributed by atoms with Gasteiger partial charge in [0, 0.05) is 12.1 Å². The van der Waals surface area contributed by atoms with E-state index in [0.29, 0.717) is 11.5 Å². The van der Waals surface area contributed by atoms with Crippen LogP contribution < -0.4 is 5.32 Å². The molecule has 1 saturated heterocycles. The van der Waals surface area contributed by atoms with Gasteiger partial charge in [0.1, 0.15) is 0 Å². The summed E-state index contributed by atoms with van der Waals surface area (Å²) in [6, 6.07) is 1.41. The molecule has 0 amide bonds.